The van der Waals surface area contributed by atoms with E-state index in [0.717, 1.165) is 13.0 Å². The average Bonchev–Trinajstić information content (AvgIpc) is 2.93. The fourth-order valence-corrected chi connectivity index (χ4v) is 3.26. The highest BCUT2D eigenvalue weighted by Gasteiger charge is 2.16. The number of ether oxygens (including phenoxy) is 2. The molecule has 11 heteroatoms. The normalized spacial score (nSPS) is 12.3. The maximum atomic E-state index is 12.5. The zero-order chi connectivity index (χ0) is 27.3. The van der Waals surface area contributed by atoms with Gasteiger partial charge in [0.25, 0.3) is 0 Å². The number of nitrogens with zero attached hydrogens (tertiary/aromatic N) is 4. The van der Waals surface area contributed by atoms with Gasteiger partial charge in [-0.25, -0.2) is 4.79 Å². The van der Waals surface area contributed by atoms with E-state index in [4.69, 9.17) is 9.47 Å². The molecule has 0 aliphatic carbocycles. The Morgan fingerprint density at radius 2 is 1.55 bits per heavy atom. The molecule has 0 fully saturated rings. The van der Waals surface area contributed by atoms with Crippen molar-refractivity contribution in [2.75, 3.05) is 26.3 Å². The van der Waals surface area contributed by atoms with Gasteiger partial charge in [0.1, 0.15) is 23.7 Å². The maximum Gasteiger partial charge on any atom is 0.340 e. The predicted molar refractivity (Wildman–Crippen MR) is 141 cm³/mol. The number of nitrogens with one attached hydrogen (secondary N) is 1. The van der Waals surface area contributed by atoms with Crippen LogP contribution in [0.5, 0.6) is 11.5 Å². The highest BCUT2D eigenvalue weighted by molar-refractivity contribution is 5.94. The second-order valence-electron chi connectivity index (χ2n) is 7.99. The van der Waals surface area contributed by atoms with Crippen LogP contribution in [-0.2, 0) is 9.47 Å². The molecular weight excluding hydrogens is 490 g/mol. The molecule has 0 heterocycles. The summed E-state index contributed by atoms with van der Waals surface area (Å²) < 4.78 is 10.6. The third-order valence-electron chi connectivity index (χ3n) is 5.20. The van der Waals surface area contributed by atoms with Crippen LogP contribution >= 0.6 is 0 Å². The molecule has 0 bridgehead atoms. The Morgan fingerprint density at radius 3 is 2.32 bits per heavy atom. The van der Waals surface area contributed by atoms with Crippen molar-refractivity contribution < 1.29 is 29.6 Å². The molecule has 0 amide bonds. The van der Waals surface area contributed by atoms with Gasteiger partial charge in [0, 0.05) is 18.7 Å². The first-order chi connectivity index (χ1) is 18.5. The molecule has 200 valence electrons. The van der Waals surface area contributed by atoms with E-state index in [1.54, 1.807) is 48.5 Å². The number of phenols is 2. The molecule has 0 saturated carbocycles. The third-order valence-corrected chi connectivity index (χ3v) is 5.20. The number of hydrogen-bond acceptors (Lipinski definition) is 11. The molecule has 0 saturated heterocycles. The zero-order valence-corrected chi connectivity index (χ0v) is 21.2. The molecule has 3 aromatic rings. The Morgan fingerprint density at radius 1 is 0.868 bits per heavy atom. The van der Waals surface area contributed by atoms with Crippen molar-refractivity contribution in [3.05, 3.63) is 71.8 Å². The number of azo groups is 2. The molecule has 11 nitrogen and oxygen atoms in total. The van der Waals surface area contributed by atoms with Crippen molar-refractivity contribution in [1.82, 2.24) is 5.32 Å². The number of likely N-dealkylation sites (N-methyl/N-ethyl adjacent to an activating group) is 1. The fraction of sp³-hybridized carbons (Fsp3) is 0.296. The maximum absolute atomic E-state index is 12.5. The summed E-state index contributed by atoms with van der Waals surface area (Å²) in [5.41, 5.74) is 0.887. The van der Waals surface area contributed by atoms with Gasteiger partial charge >= 0.3 is 5.97 Å². The van der Waals surface area contributed by atoms with Crippen molar-refractivity contribution in [3.63, 3.8) is 0 Å². The van der Waals surface area contributed by atoms with Crippen molar-refractivity contribution in [2.45, 2.75) is 26.6 Å². The molecule has 0 aliphatic rings. The minimum Gasteiger partial charge on any atom is -0.505 e. The number of benzene rings is 3. The van der Waals surface area contributed by atoms with Crippen LogP contribution in [0.1, 0.15) is 42.5 Å². The number of aromatic hydroxyl groups is 2. The summed E-state index contributed by atoms with van der Waals surface area (Å²) in [4.78, 5) is 12.5. The van der Waals surface area contributed by atoms with Gasteiger partial charge in [-0.05, 0) is 43.3 Å². The van der Waals surface area contributed by atoms with Crippen molar-refractivity contribution in [1.29, 1.82) is 0 Å². The van der Waals surface area contributed by atoms with Crippen LogP contribution in [0.4, 0.5) is 22.7 Å². The van der Waals surface area contributed by atoms with E-state index in [1.807, 2.05) is 13.8 Å². The molecule has 38 heavy (non-hydrogen) atoms. The first kappa shape index (κ1) is 28.4. The molecule has 1 unspecified atom stereocenters. The fourth-order valence-electron chi connectivity index (χ4n) is 3.26. The number of carbonyl (C=O) groups is 1. The Labute approximate surface area is 220 Å². The summed E-state index contributed by atoms with van der Waals surface area (Å²) in [7, 11) is 0. The molecule has 0 radical (unpaired) electrons. The molecule has 0 spiro atoms. The lowest BCUT2D eigenvalue weighted by Crippen LogP contribution is -2.20. The predicted octanol–water partition coefficient (Wildman–Crippen LogP) is 6.11. The number of rotatable bonds is 13. The lowest BCUT2D eigenvalue weighted by atomic mass is 10.2. The van der Waals surface area contributed by atoms with Gasteiger partial charge in [-0.2, -0.15) is 0 Å². The van der Waals surface area contributed by atoms with Crippen molar-refractivity contribution in [3.8, 4) is 11.5 Å². The van der Waals surface area contributed by atoms with Gasteiger partial charge in [-0.1, -0.05) is 44.2 Å². The quantitative estimate of drug-likeness (QED) is 0.0914. The minimum atomic E-state index is -1.21. The number of hydrogen-bond donors (Lipinski definition) is 4. The lowest BCUT2D eigenvalue weighted by molar-refractivity contribution is -0.102. The van der Waals surface area contributed by atoms with Gasteiger partial charge in [0.15, 0.2) is 17.7 Å². The second kappa shape index (κ2) is 14.5. The van der Waals surface area contributed by atoms with E-state index in [2.05, 4.69) is 25.8 Å². The number of carbonyl (C=O) groups excluding carboxylic acids is 1. The van der Waals surface area contributed by atoms with Crippen LogP contribution in [0.25, 0.3) is 0 Å². The molecule has 0 aromatic heterocycles. The summed E-state index contributed by atoms with van der Waals surface area (Å²) in [5, 5.41) is 50.6. The first-order valence-corrected chi connectivity index (χ1v) is 12.2. The zero-order valence-electron chi connectivity index (χ0n) is 21.2. The molecule has 4 N–H and O–H groups in total. The topological polar surface area (TPSA) is 158 Å². The molecule has 3 aromatic carbocycles. The highest BCUT2D eigenvalue weighted by Crippen LogP contribution is 2.44. The Kier molecular flexibility index (Phi) is 10.8. The van der Waals surface area contributed by atoms with Crippen LogP contribution < -0.4 is 5.32 Å². The third kappa shape index (κ3) is 7.65. The largest absolute Gasteiger partial charge is 0.505 e. The molecule has 0 aliphatic heterocycles. The summed E-state index contributed by atoms with van der Waals surface area (Å²) in [6.45, 7) is 5.73. The van der Waals surface area contributed by atoms with Crippen molar-refractivity contribution >= 4 is 28.7 Å². The van der Waals surface area contributed by atoms with Crippen LogP contribution in [0.2, 0.25) is 0 Å². The van der Waals surface area contributed by atoms with E-state index in [9.17, 15) is 20.1 Å². The monoisotopic (exact) mass is 521 g/mol. The van der Waals surface area contributed by atoms with Gasteiger partial charge in [-0.15, -0.1) is 20.5 Å². The Bertz CT molecular complexity index is 1280. The number of aliphatic hydroxyl groups excluding tert-OH is 1. The standard InChI is InChI=1S/C27H31N5O6/c1-3-16-37-26(35)19-10-6-8-12-21(19)30-32-24-23(33)14-13-22(25(24)34)31-29-20-11-7-5-9-18(20)27(36)38-17-15-28-4-2/h5-14,26,28,33-35H,3-4,15-17H2,1-2H3/b31-29+,32-30+. The van der Waals surface area contributed by atoms with Crippen LogP contribution in [0.15, 0.2) is 81.1 Å². The SMILES string of the molecule is CCCOC(O)c1ccccc1/N=N/c1c(O)ccc(/N=N/c2ccccc2C(=O)OCCNCC)c1O. The van der Waals surface area contributed by atoms with Gasteiger partial charge < -0.3 is 30.1 Å². The first-order valence-electron chi connectivity index (χ1n) is 12.2. The number of phenolic OH excluding ortho intramolecular Hbond substituents is 2. The van der Waals surface area contributed by atoms with Crippen molar-refractivity contribution in [2.24, 2.45) is 20.5 Å². The summed E-state index contributed by atoms with van der Waals surface area (Å²) in [6.07, 6.45) is -0.478. The van der Waals surface area contributed by atoms with E-state index in [-0.39, 0.29) is 35.0 Å². The van der Waals surface area contributed by atoms with Gasteiger partial charge in [0.2, 0.25) is 0 Å². The summed E-state index contributed by atoms with van der Waals surface area (Å²) in [6, 6.07) is 15.8. The number of esters is 1. The lowest BCUT2D eigenvalue weighted by Gasteiger charge is -2.13. The molecular formula is C27H31N5O6. The van der Waals surface area contributed by atoms with Gasteiger partial charge in [0.05, 0.1) is 11.3 Å². The Hall–Kier alpha value is -4.19. The molecule has 1 atom stereocenters. The van der Waals surface area contributed by atoms with Crippen LogP contribution in [-0.4, -0.2) is 47.6 Å². The molecule has 3 rings (SSSR count). The average molecular weight is 522 g/mol. The van der Waals surface area contributed by atoms with E-state index in [0.29, 0.717) is 24.4 Å². The van der Waals surface area contributed by atoms with Crippen LogP contribution in [0.3, 0.4) is 0 Å². The highest BCUT2D eigenvalue weighted by atomic mass is 16.6. The van der Waals surface area contributed by atoms with E-state index in [1.165, 1.54) is 12.1 Å². The van der Waals surface area contributed by atoms with Gasteiger partial charge in [-0.3, -0.25) is 0 Å². The van der Waals surface area contributed by atoms with E-state index >= 15 is 0 Å². The Balaban J connectivity index is 1.84. The summed E-state index contributed by atoms with van der Waals surface area (Å²) in [5.74, 6) is -1.36. The van der Waals surface area contributed by atoms with E-state index < -0.39 is 18.0 Å². The summed E-state index contributed by atoms with van der Waals surface area (Å²) >= 11 is 0. The van der Waals surface area contributed by atoms with Crippen LogP contribution in [0, 0.1) is 0 Å². The second-order valence-corrected chi connectivity index (χ2v) is 7.99. The number of aliphatic hydroxyl groups is 1. The smallest absolute Gasteiger partial charge is 0.340 e. The minimum absolute atomic E-state index is 0.00772.